The number of rotatable bonds is 7. The SMILES string of the molecule is CCS(=O)(=O)Nc1ccc(S(=O)(=O)NC2CCCC2CN)cc1F. The maximum absolute atomic E-state index is 14.1. The van der Waals surface area contributed by atoms with Crippen LogP contribution in [0, 0.1) is 11.7 Å². The van der Waals surface area contributed by atoms with Gasteiger partial charge in [-0.2, -0.15) is 0 Å². The van der Waals surface area contributed by atoms with Gasteiger partial charge in [-0.25, -0.2) is 25.9 Å². The lowest BCUT2D eigenvalue weighted by atomic mass is 10.1. The molecule has 0 aromatic heterocycles. The van der Waals surface area contributed by atoms with E-state index in [1.807, 2.05) is 0 Å². The Balaban J connectivity index is 2.21. The van der Waals surface area contributed by atoms with Crippen molar-refractivity contribution in [3.63, 3.8) is 0 Å². The van der Waals surface area contributed by atoms with Crippen molar-refractivity contribution in [1.29, 1.82) is 0 Å². The number of halogens is 1. The number of nitrogens with one attached hydrogen (secondary N) is 2. The number of hydrogen-bond donors (Lipinski definition) is 3. The Kier molecular flexibility index (Phi) is 5.84. The molecule has 1 aromatic rings. The molecule has 1 aromatic carbocycles. The first-order chi connectivity index (χ1) is 11.2. The zero-order valence-corrected chi connectivity index (χ0v) is 15.0. The van der Waals surface area contributed by atoms with E-state index < -0.39 is 25.9 Å². The minimum absolute atomic E-state index is 0.0697. The molecular formula is C14H22FN3O4S2. The standard InChI is InChI=1S/C14H22FN3O4S2/c1-2-23(19,20)17-14-7-6-11(8-12(14)15)24(21,22)18-13-5-3-4-10(13)9-16/h6-8,10,13,17-18H,2-5,9,16H2,1H3. The van der Waals surface area contributed by atoms with Crippen molar-refractivity contribution in [2.24, 2.45) is 11.7 Å². The van der Waals surface area contributed by atoms with Gasteiger partial charge in [0.1, 0.15) is 5.82 Å². The van der Waals surface area contributed by atoms with Gasteiger partial charge in [-0.3, -0.25) is 4.72 Å². The van der Waals surface area contributed by atoms with E-state index in [1.165, 1.54) is 13.0 Å². The van der Waals surface area contributed by atoms with Gasteiger partial charge in [0.25, 0.3) is 0 Å². The number of hydrogen-bond acceptors (Lipinski definition) is 5. The summed E-state index contributed by atoms with van der Waals surface area (Å²) in [6.45, 7) is 1.80. The van der Waals surface area contributed by atoms with Crippen LogP contribution >= 0.6 is 0 Å². The van der Waals surface area contributed by atoms with Crippen molar-refractivity contribution < 1.29 is 21.2 Å². The minimum atomic E-state index is -3.90. The quantitative estimate of drug-likeness (QED) is 0.653. The van der Waals surface area contributed by atoms with Crippen molar-refractivity contribution in [2.45, 2.75) is 37.1 Å². The molecule has 0 spiro atoms. The number of nitrogens with two attached hydrogens (primary N) is 1. The topological polar surface area (TPSA) is 118 Å². The summed E-state index contributed by atoms with van der Waals surface area (Å²) in [6, 6.07) is 2.82. The Bertz CT molecular complexity index is 796. The molecule has 1 fully saturated rings. The molecule has 7 nitrogen and oxygen atoms in total. The molecule has 4 N–H and O–H groups in total. The molecule has 136 valence electrons. The molecule has 1 aliphatic rings. The van der Waals surface area contributed by atoms with Gasteiger partial charge >= 0.3 is 0 Å². The number of sulfonamides is 2. The van der Waals surface area contributed by atoms with Crippen LogP contribution in [0.3, 0.4) is 0 Å². The molecule has 1 aliphatic carbocycles. The molecule has 1 saturated carbocycles. The predicted molar refractivity (Wildman–Crippen MR) is 90.0 cm³/mol. The lowest BCUT2D eigenvalue weighted by Crippen LogP contribution is -2.39. The first kappa shape index (κ1) is 19.1. The minimum Gasteiger partial charge on any atom is -0.330 e. The predicted octanol–water partition coefficient (Wildman–Crippen LogP) is 0.993. The van der Waals surface area contributed by atoms with Gasteiger partial charge in [-0.1, -0.05) is 6.42 Å². The van der Waals surface area contributed by atoms with Crippen LogP contribution in [0.1, 0.15) is 26.2 Å². The molecule has 0 heterocycles. The molecule has 0 amide bonds. The summed E-state index contributed by atoms with van der Waals surface area (Å²) < 4.78 is 66.5. The van der Waals surface area contributed by atoms with Crippen molar-refractivity contribution in [3.8, 4) is 0 Å². The van der Waals surface area contributed by atoms with Crippen molar-refractivity contribution in [3.05, 3.63) is 24.0 Å². The average molecular weight is 379 g/mol. The summed E-state index contributed by atoms with van der Waals surface area (Å²) >= 11 is 0. The van der Waals surface area contributed by atoms with Crippen LogP contribution in [0.2, 0.25) is 0 Å². The Labute approximate surface area is 141 Å². The second-order valence-corrected chi connectivity index (χ2v) is 9.53. The number of anilines is 1. The van der Waals surface area contributed by atoms with Crippen LogP contribution in [0.15, 0.2) is 23.1 Å². The van der Waals surface area contributed by atoms with Crippen LogP contribution in [0.25, 0.3) is 0 Å². The van der Waals surface area contributed by atoms with Crippen molar-refractivity contribution in [2.75, 3.05) is 17.0 Å². The maximum atomic E-state index is 14.1. The fraction of sp³-hybridized carbons (Fsp3) is 0.571. The Morgan fingerprint density at radius 2 is 1.96 bits per heavy atom. The molecule has 2 rings (SSSR count). The van der Waals surface area contributed by atoms with Crippen LogP contribution in [0.5, 0.6) is 0 Å². The van der Waals surface area contributed by atoms with Gasteiger partial charge < -0.3 is 5.73 Å². The van der Waals surface area contributed by atoms with Crippen molar-refractivity contribution >= 4 is 25.7 Å². The molecule has 0 saturated heterocycles. The van der Waals surface area contributed by atoms with Gasteiger partial charge in [0.15, 0.2) is 0 Å². The normalized spacial score (nSPS) is 21.8. The lowest BCUT2D eigenvalue weighted by molar-refractivity contribution is 0.452. The van der Waals surface area contributed by atoms with Crippen LogP contribution in [0.4, 0.5) is 10.1 Å². The molecule has 10 heteroatoms. The molecule has 2 unspecified atom stereocenters. The van der Waals surface area contributed by atoms with E-state index in [0.29, 0.717) is 13.0 Å². The van der Waals surface area contributed by atoms with E-state index in [9.17, 15) is 21.2 Å². The summed E-state index contributed by atoms with van der Waals surface area (Å²) in [4.78, 5) is -0.248. The first-order valence-corrected chi connectivity index (χ1v) is 10.8. The molecule has 24 heavy (non-hydrogen) atoms. The Morgan fingerprint density at radius 1 is 1.25 bits per heavy atom. The number of benzene rings is 1. The summed E-state index contributed by atoms with van der Waals surface area (Å²) in [6.07, 6.45) is 2.44. The van der Waals surface area contributed by atoms with Gasteiger partial charge in [0.2, 0.25) is 20.0 Å². The van der Waals surface area contributed by atoms with E-state index in [0.717, 1.165) is 25.0 Å². The monoisotopic (exact) mass is 379 g/mol. The van der Waals surface area contributed by atoms with Gasteiger partial charge in [0.05, 0.1) is 16.3 Å². The fourth-order valence-electron chi connectivity index (χ4n) is 2.73. The molecule has 2 atom stereocenters. The summed E-state index contributed by atoms with van der Waals surface area (Å²) in [7, 11) is -7.54. The maximum Gasteiger partial charge on any atom is 0.240 e. The Hall–Kier alpha value is -1.23. The molecule has 0 aliphatic heterocycles. The van der Waals surface area contributed by atoms with E-state index in [2.05, 4.69) is 9.44 Å². The highest BCUT2D eigenvalue weighted by Crippen LogP contribution is 2.27. The van der Waals surface area contributed by atoms with Crippen LogP contribution in [-0.4, -0.2) is 35.2 Å². The highest BCUT2D eigenvalue weighted by Gasteiger charge is 2.30. The van der Waals surface area contributed by atoms with Gasteiger partial charge in [0, 0.05) is 6.04 Å². The highest BCUT2D eigenvalue weighted by molar-refractivity contribution is 7.92. The van der Waals surface area contributed by atoms with E-state index >= 15 is 0 Å². The molecular weight excluding hydrogens is 357 g/mol. The molecule has 0 radical (unpaired) electrons. The Morgan fingerprint density at radius 3 is 2.54 bits per heavy atom. The smallest absolute Gasteiger partial charge is 0.240 e. The summed E-state index contributed by atoms with van der Waals surface area (Å²) in [5, 5.41) is 0. The second kappa shape index (κ2) is 7.34. The van der Waals surface area contributed by atoms with Crippen LogP contribution < -0.4 is 15.2 Å². The van der Waals surface area contributed by atoms with E-state index in [1.54, 1.807) is 0 Å². The molecule has 0 bridgehead atoms. The summed E-state index contributed by atoms with van der Waals surface area (Å²) in [5.74, 6) is -1.09. The zero-order chi connectivity index (χ0) is 18.0. The fourth-order valence-corrected chi connectivity index (χ4v) is 4.72. The summed E-state index contributed by atoms with van der Waals surface area (Å²) in [5.41, 5.74) is 5.36. The van der Waals surface area contributed by atoms with Crippen LogP contribution in [-0.2, 0) is 20.0 Å². The van der Waals surface area contributed by atoms with Gasteiger partial charge in [-0.05, 0) is 50.4 Å². The van der Waals surface area contributed by atoms with Gasteiger partial charge in [-0.15, -0.1) is 0 Å². The lowest BCUT2D eigenvalue weighted by Gasteiger charge is -2.19. The third-order valence-corrected chi connectivity index (χ3v) is 6.94. The third-order valence-electron chi connectivity index (χ3n) is 4.16. The largest absolute Gasteiger partial charge is 0.330 e. The second-order valence-electron chi connectivity index (χ2n) is 5.80. The third kappa shape index (κ3) is 4.44. The van der Waals surface area contributed by atoms with E-state index in [4.69, 9.17) is 5.73 Å². The highest BCUT2D eigenvalue weighted by atomic mass is 32.2. The van der Waals surface area contributed by atoms with E-state index in [-0.39, 0.29) is 28.3 Å². The first-order valence-electron chi connectivity index (χ1n) is 7.71. The average Bonchev–Trinajstić information content (AvgIpc) is 2.95. The zero-order valence-electron chi connectivity index (χ0n) is 13.3. The van der Waals surface area contributed by atoms with Crippen molar-refractivity contribution in [1.82, 2.24) is 4.72 Å².